The van der Waals surface area contributed by atoms with E-state index in [1.807, 2.05) is 12.3 Å². The van der Waals surface area contributed by atoms with Crippen LogP contribution in [0.4, 0.5) is 0 Å². The highest BCUT2D eigenvalue weighted by molar-refractivity contribution is 9.10. The summed E-state index contributed by atoms with van der Waals surface area (Å²) in [5, 5.41) is 0. The van der Waals surface area contributed by atoms with Gasteiger partial charge >= 0.3 is 0 Å². The summed E-state index contributed by atoms with van der Waals surface area (Å²) in [5.74, 6) is 0.170. The number of hydrogen-bond acceptors (Lipinski definition) is 2. The van der Waals surface area contributed by atoms with E-state index in [4.69, 9.17) is 5.73 Å². The fourth-order valence-corrected chi connectivity index (χ4v) is 4.16. The largest absolute Gasteiger partial charge is 0.340 e. The monoisotopic (exact) mass is 339 g/mol. The molecule has 0 spiro atoms. The van der Waals surface area contributed by atoms with Crippen molar-refractivity contribution in [1.29, 1.82) is 0 Å². The number of aromatic nitrogens is 1. The van der Waals surface area contributed by atoms with Crippen molar-refractivity contribution in [1.82, 2.24) is 9.47 Å². The molecule has 4 nitrogen and oxygen atoms in total. The quantitative estimate of drug-likeness (QED) is 0.900. The molecule has 1 aromatic rings. The second-order valence-corrected chi connectivity index (χ2v) is 7.29. The zero-order valence-corrected chi connectivity index (χ0v) is 13.6. The average molecular weight is 340 g/mol. The molecule has 2 saturated heterocycles. The third-order valence-corrected chi connectivity index (χ3v) is 5.03. The normalized spacial score (nSPS) is 29.2. The van der Waals surface area contributed by atoms with Gasteiger partial charge in [0.15, 0.2) is 0 Å². The van der Waals surface area contributed by atoms with Gasteiger partial charge in [-0.3, -0.25) is 4.79 Å². The van der Waals surface area contributed by atoms with Crippen LogP contribution in [0.5, 0.6) is 0 Å². The van der Waals surface area contributed by atoms with Gasteiger partial charge in [0.2, 0.25) is 0 Å². The summed E-state index contributed by atoms with van der Waals surface area (Å²) in [6.07, 6.45) is 6.11. The van der Waals surface area contributed by atoms with E-state index >= 15 is 0 Å². The molecular formula is C15H22BrN3O. The van der Waals surface area contributed by atoms with Crippen LogP contribution in [0.3, 0.4) is 0 Å². The first-order valence-electron chi connectivity index (χ1n) is 7.43. The lowest BCUT2D eigenvalue weighted by molar-refractivity contribution is 0.0562. The highest BCUT2D eigenvalue weighted by Crippen LogP contribution is 2.36. The van der Waals surface area contributed by atoms with Crippen LogP contribution in [0, 0.1) is 0 Å². The summed E-state index contributed by atoms with van der Waals surface area (Å²) in [7, 11) is 0. The van der Waals surface area contributed by atoms with Crippen LogP contribution < -0.4 is 5.73 Å². The molecule has 2 aliphatic rings. The Hall–Kier alpha value is -0.810. The predicted molar refractivity (Wildman–Crippen MR) is 82.7 cm³/mol. The number of nitrogens with two attached hydrogens (primary N) is 1. The van der Waals surface area contributed by atoms with E-state index in [1.54, 1.807) is 0 Å². The van der Waals surface area contributed by atoms with Gasteiger partial charge in [0.1, 0.15) is 5.69 Å². The predicted octanol–water partition coefficient (Wildman–Crippen LogP) is 2.93. The highest BCUT2D eigenvalue weighted by Gasteiger charge is 2.43. The van der Waals surface area contributed by atoms with Crippen molar-refractivity contribution in [3.8, 4) is 0 Å². The summed E-state index contributed by atoms with van der Waals surface area (Å²) < 4.78 is 3.02. The van der Waals surface area contributed by atoms with Crippen LogP contribution >= 0.6 is 15.9 Å². The van der Waals surface area contributed by atoms with Gasteiger partial charge in [0.05, 0.1) is 0 Å². The SMILES string of the molecule is CC(C)n1cc(Br)cc1C(=O)N1C2CCC1CC(N)C2. The molecule has 1 amide bonds. The Morgan fingerprint density at radius 2 is 1.95 bits per heavy atom. The molecule has 20 heavy (non-hydrogen) atoms. The van der Waals surface area contributed by atoms with Crippen molar-refractivity contribution in [2.24, 2.45) is 5.73 Å². The molecule has 3 heterocycles. The molecule has 0 saturated carbocycles. The van der Waals surface area contributed by atoms with Crippen molar-refractivity contribution in [2.45, 2.75) is 63.7 Å². The number of carbonyl (C=O) groups excluding carboxylic acids is 1. The van der Waals surface area contributed by atoms with Crippen LogP contribution in [-0.2, 0) is 0 Å². The van der Waals surface area contributed by atoms with Crippen molar-refractivity contribution in [3.63, 3.8) is 0 Å². The molecule has 2 fully saturated rings. The van der Waals surface area contributed by atoms with Gasteiger partial charge in [-0.2, -0.15) is 0 Å². The lowest BCUT2D eigenvalue weighted by atomic mass is 9.98. The van der Waals surface area contributed by atoms with Crippen LogP contribution in [-0.4, -0.2) is 33.5 Å². The summed E-state index contributed by atoms with van der Waals surface area (Å²) in [6.45, 7) is 4.20. The minimum Gasteiger partial charge on any atom is -0.340 e. The molecule has 110 valence electrons. The van der Waals surface area contributed by atoms with Crippen molar-refractivity contribution < 1.29 is 4.79 Å². The molecule has 0 aromatic carbocycles. The lowest BCUT2D eigenvalue weighted by Crippen LogP contribution is -2.50. The van der Waals surface area contributed by atoms with E-state index in [-0.39, 0.29) is 18.0 Å². The first kappa shape index (κ1) is 14.1. The molecule has 5 heteroatoms. The molecule has 0 radical (unpaired) electrons. The van der Waals surface area contributed by atoms with Crippen molar-refractivity contribution in [2.75, 3.05) is 0 Å². The van der Waals surface area contributed by atoms with E-state index in [9.17, 15) is 4.79 Å². The lowest BCUT2D eigenvalue weighted by Gasteiger charge is -2.38. The maximum atomic E-state index is 12.9. The first-order chi connectivity index (χ1) is 9.47. The maximum absolute atomic E-state index is 12.9. The third kappa shape index (κ3) is 2.31. The Morgan fingerprint density at radius 3 is 2.50 bits per heavy atom. The van der Waals surface area contributed by atoms with Crippen LogP contribution in [0.25, 0.3) is 0 Å². The Kier molecular flexibility index (Phi) is 3.67. The summed E-state index contributed by atoms with van der Waals surface area (Å²) in [5.41, 5.74) is 6.88. The molecule has 2 unspecified atom stereocenters. The molecule has 2 atom stereocenters. The molecule has 3 rings (SSSR count). The molecule has 2 aliphatic heterocycles. The van der Waals surface area contributed by atoms with Crippen LogP contribution in [0.2, 0.25) is 0 Å². The molecule has 1 aromatic heterocycles. The van der Waals surface area contributed by atoms with E-state index < -0.39 is 0 Å². The zero-order valence-electron chi connectivity index (χ0n) is 12.1. The van der Waals surface area contributed by atoms with E-state index in [2.05, 4.69) is 39.2 Å². The topological polar surface area (TPSA) is 51.3 Å². The Labute approximate surface area is 128 Å². The molecular weight excluding hydrogens is 318 g/mol. The van der Waals surface area contributed by atoms with Crippen molar-refractivity contribution in [3.05, 3.63) is 22.4 Å². The van der Waals surface area contributed by atoms with Crippen LogP contribution in [0.1, 0.15) is 56.1 Å². The first-order valence-corrected chi connectivity index (χ1v) is 8.22. The Bertz CT molecular complexity index is 511. The number of carbonyl (C=O) groups is 1. The number of nitrogens with zero attached hydrogens (tertiary/aromatic N) is 2. The Morgan fingerprint density at radius 1 is 1.35 bits per heavy atom. The number of hydrogen-bond donors (Lipinski definition) is 1. The zero-order chi connectivity index (χ0) is 14.4. The third-order valence-electron chi connectivity index (χ3n) is 4.59. The second-order valence-electron chi connectivity index (χ2n) is 6.37. The molecule has 2 bridgehead atoms. The van der Waals surface area contributed by atoms with Gasteiger partial charge in [-0.1, -0.05) is 0 Å². The summed E-state index contributed by atoms with van der Waals surface area (Å²) >= 11 is 3.49. The van der Waals surface area contributed by atoms with Gasteiger partial charge in [-0.15, -0.1) is 0 Å². The molecule has 2 N–H and O–H groups in total. The van der Waals surface area contributed by atoms with Gasteiger partial charge in [-0.05, 0) is 61.5 Å². The van der Waals surface area contributed by atoms with Gasteiger partial charge < -0.3 is 15.2 Å². The fourth-order valence-electron chi connectivity index (χ4n) is 3.73. The molecule has 0 aliphatic carbocycles. The number of piperidine rings is 1. The minimum absolute atomic E-state index is 0.170. The van der Waals surface area contributed by atoms with Crippen LogP contribution in [0.15, 0.2) is 16.7 Å². The maximum Gasteiger partial charge on any atom is 0.271 e. The van der Waals surface area contributed by atoms with Gasteiger partial charge in [-0.25, -0.2) is 0 Å². The second kappa shape index (κ2) is 5.19. The number of rotatable bonds is 2. The minimum atomic E-state index is 0.170. The number of halogens is 1. The van der Waals surface area contributed by atoms with Gasteiger partial charge in [0.25, 0.3) is 5.91 Å². The van der Waals surface area contributed by atoms with Crippen molar-refractivity contribution >= 4 is 21.8 Å². The van der Waals surface area contributed by atoms with E-state index in [0.717, 1.165) is 35.8 Å². The number of amides is 1. The van der Waals surface area contributed by atoms with Gasteiger partial charge in [0, 0.05) is 34.8 Å². The number of fused-ring (bicyclic) bond motifs is 2. The smallest absolute Gasteiger partial charge is 0.271 e. The van der Waals surface area contributed by atoms with E-state index in [0.29, 0.717) is 12.1 Å². The summed E-state index contributed by atoms with van der Waals surface area (Å²) in [4.78, 5) is 15.1. The standard InChI is InChI=1S/C15H22BrN3O/c1-9(2)18-8-10(16)5-14(18)15(20)19-12-3-4-13(19)7-11(17)6-12/h5,8-9,11-13H,3-4,6-7,17H2,1-2H3. The average Bonchev–Trinajstić information content (AvgIpc) is 2.88. The summed E-state index contributed by atoms with van der Waals surface area (Å²) in [6, 6.07) is 3.16. The highest BCUT2D eigenvalue weighted by atomic mass is 79.9. The fraction of sp³-hybridized carbons (Fsp3) is 0.667. The van der Waals surface area contributed by atoms with E-state index in [1.165, 1.54) is 0 Å². The Balaban J connectivity index is 1.90.